The minimum absolute atomic E-state index is 0.0497. The highest BCUT2D eigenvalue weighted by molar-refractivity contribution is 8.68. The van der Waals surface area contributed by atoms with Gasteiger partial charge in [0.2, 0.25) is 0 Å². The molecule has 1 saturated heterocycles. The molecule has 1 aliphatic heterocycles. The average molecular weight is 235 g/mol. The zero-order valence-corrected chi connectivity index (χ0v) is 10.3. The van der Waals surface area contributed by atoms with Crippen molar-refractivity contribution in [2.75, 3.05) is 19.7 Å². The van der Waals surface area contributed by atoms with Crippen LogP contribution >= 0.6 is 22.5 Å². The van der Waals surface area contributed by atoms with Crippen LogP contribution in [0.5, 0.6) is 0 Å². The summed E-state index contributed by atoms with van der Waals surface area (Å²) in [7, 11) is 1.52. The molecular formula is C9H17NO2S2. The molecule has 0 aromatic rings. The van der Waals surface area contributed by atoms with Gasteiger partial charge in [-0.05, 0) is 20.3 Å². The highest BCUT2D eigenvalue weighted by atomic mass is 33.1. The Morgan fingerprint density at radius 2 is 2.50 bits per heavy atom. The van der Waals surface area contributed by atoms with Gasteiger partial charge < -0.3 is 4.74 Å². The molecule has 0 aliphatic carbocycles. The van der Waals surface area contributed by atoms with Gasteiger partial charge in [0.1, 0.15) is 0 Å². The number of thiol groups is 1. The molecule has 14 heavy (non-hydrogen) atoms. The fourth-order valence-electron chi connectivity index (χ4n) is 1.64. The fourth-order valence-corrected chi connectivity index (χ4v) is 2.36. The summed E-state index contributed by atoms with van der Waals surface area (Å²) >= 11 is 4.17. The molecule has 82 valence electrons. The van der Waals surface area contributed by atoms with Gasteiger partial charge in [-0.25, -0.2) is 0 Å². The maximum atomic E-state index is 11.4. The molecule has 0 aromatic carbocycles. The summed E-state index contributed by atoms with van der Waals surface area (Å²) in [5.74, 6) is 0.0178. The van der Waals surface area contributed by atoms with Crippen LogP contribution in [-0.4, -0.2) is 35.9 Å². The fraction of sp³-hybridized carbons (Fsp3) is 0.889. The Morgan fingerprint density at radius 1 is 1.79 bits per heavy atom. The minimum Gasteiger partial charge on any atom is -0.466 e. The van der Waals surface area contributed by atoms with Crippen molar-refractivity contribution in [3.8, 4) is 0 Å². The van der Waals surface area contributed by atoms with E-state index in [0.717, 1.165) is 19.5 Å². The Bertz CT molecular complexity index is 201. The summed E-state index contributed by atoms with van der Waals surface area (Å²) in [6.45, 7) is 6.21. The van der Waals surface area contributed by atoms with E-state index in [1.54, 1.807) is 0 Å². The number of ether oxygens (including phenoxy) is 1. The van der Waals surface area contributed by atoms with Crippen LogP contribution in [0.25, 0.3) is 0 Å². The summed E-state index contributed by atoms with van der Waals surface area (Å²) < 4.78 is 5.00. The highest BCUT2D eigenvalue weighted by Gasteiger charge is 2.31. The third-order valence-corrected chi connectivity index (χ3v) is 4.02. The lowest BCUT2D eigenvalue weighted by Crippen LogP contribution is -2.29. The van der Waals surface area contributed by atoms with E-state index < -0.39 is 0 Å². The molecule has 1 rings (SSSR count). The van der Waals surface area contributed by atoms with E-state index >= 15 is 0 Å². The van der Waals surface area contributed by atoms with E-state index in [4.69, 9.17) is 4.74 Å². The second-order valence-corrected chi connectivity index (χ2v) is 4.96. The van der Waals surface area contributed by atoms with E-state index in [2.05, 4.69) is 23.5 Å². The van der Waals surface area contributed by atoms with Gasteiger partial charge in [-0.2, -0.15) is 0 Å². The Hall–Kier alpha value is 0.130. The van der Waals surface area contributed by atoms with Crippen molar-refractivity contribution in [3.63, 3.8) is 0 Å². The van der Waals surface area contributed by atoms with Gasteiger partial charge in [0.25, 0.3) is 0 Å². The first kappa shape index (κ1) is 12.2. The Morgan fingerprint density at radius 3 is 3.07 bits per heavy atom. The van der Waals surface area contributed by atoms with Crippen molar-refractivity contribution < 1.29 is 9.53 Å². The number of esters is 1. The average Bonchev–Trinajstić information content (AvgIpc) is 2.66. The molecular weight excluding hydrogens is 218 g/mol. The maximum Gasteiger partial charge on any atom is 0.310 e. The number of hydrogen-bond acceptors (Lipinski definition) is 5. The summed E-state index contributed by atoms with van der Waals surface area (Å²) in [6, 6.07) is 0. The molecule has 2 atom stereocenters. The molecule has 1 aliphatic rings. The van der Waals surface area contributed by atoms with Gasteiger partial charge in [-0.1, -0.05) is 10.8 Å². The molecule has 3 nitrogen and oxygen atoms in total. The Labute approximate surface area is 94.4 Å². The van der Waals surface area contributed by atoms with E-state index in [0.29, 0.717) is 12.0 Å². The third kappa shape index (κ3) is 3.07. The zero-order chi connectivity index (χ0) is 10.6. The lowest BCUT2D eigenvalue weighted by Gasteiger charge is -2.21. The largest absolute Gasteiger partial charge is 0.466 e. The van der Waals surface area contributed by atoms with Crippen LogP contribution in [0, 0.1) is 5.92 Å². The first-order chi connectivity index (χ1) is 6.69. The van der Waals surface area contributed by atoms with Gasteiger partial charge in [-0.15, -0.1) is 11.7 Å². The maximum absolute atomic E-state index is 11.4. The number of carbonyl (C=O) groups is 1. The summed E-state index contributed by atoms with van der Waals surface area (Å²) in [6.07, 6.45) is 0.914. The SMILES string of the molecule is CCOC(=O)[C@H]1CCN(C(C)SS)C1. The van der Waals surface area contributed by atoms with Crippen LogP contribution in [0.3, 0.4) is 0 Å². The second kappa shape index (κ2) is 5.88. The zero-order valence-electron chi connectivity index (χ0n) is 8.60. The van der Waals surface area contributed by atoms with Crippen LogP contribution in [0.15, 0.2) is 0 Å². The smallest absolute Gasteiger partial charge is 0.310 e. The topological polar surface area (TPSA) is 29.5 Å². The molecule has 5 heteroatoms. The van der Waals surface area contributed by atoms with Crippen LogP contribution in [0.4, 0.5) is 0 Å². The van der Waals surface area contributed by atoms with Crippen LogP contribution in [-0.2, 0) is 9.53 Å². The highest BCUT2D eigenvalue weighted by Crippen LogP contribution is 2.26. The number of hydrogen-bond donors (Lipinski definition) is 1. The summed E-state index contributed by atoms with van der Waals surface area (Å²) in [5, 5.41) is 0.373. The Kier molecular flexibility index (Phi) is 5.12. The van der Waals surface area contributed by atoms with Crippen LogP contribution < -0.4 is 0 Å². The monoisotopic (exact) mass is 235 g/mol. The molecule has 0 saturated carbocycles. The first-order valence-corrected chi connectivity index (χ1v) is 6.83. The molecule has 0 radical (unpaired) electrons. The van der Waals surface area contributed by atoms with Gasteiger partial charge in [-0.3, -0.25) is 9.69 Å². The van der Waals surface area contributed by atoms with E-state index in [9.17, 15) is 4.79 Å². The number of nitrogens with zero attached hydrogens (tertiary/aromatic N) is 1. The third-order valence-electron chi connectivity index (χ3n) is 2.51. The molecule has 1 fully saturated rings. The van der Waals surface area contributed by atoms with Crippen molar-refractivity contribution >= 4 is 28.4 Å². The number of likely N-dealkylation sites (tertiary alicyclic amines) is 1. The van der Waals surface area contributed by atoms with Crippen molar-refractivity contribution in [1.29, 1.82) is 0 Å². The van der Waals surface area contributed by atoms with Gasteiger partial charge in [0.05, 0.1) is 17.9 Å². The lowest BCUT2D eigenvalue weighted by molar-refractivity contribution is -0.147. The molecule has 1 heterocycles. The Balaban J connectivity index is 2.37. The molecule has 0 N–H and O–H groups in total. The predicted molar refractivity (Wildman–Crippen MR) is 62.4 cm³/mol. The molecule has 0 amide bonds. The molecule has 1 unspecified atom stereocenters. The number of rotatable bonds is 4. The van der Waals surface area contributed by atoms with Crippen LogP contribution in [0.2, 0.25) is 0 Å². The van der Waals surface area contributed by atoms with E-state index in [1.807, 2.05) is 6.92 Å². The molecule has 0 aromatic heterocycles. The minimum atomic E-state index is -0.0497. The molecule has 0 bridgehead atoms. The second-order valence-electron chi connectivity index (χ2n) is 3.44. The van der Waals surface area contributed by atoms with Crippen molar-refractivity contribution in [2.45, 2.75) is 25.6 Å². The first-order valence-electron chi connectivity index (χ1n) is 4.90. The van der Waals surface area contributed by atoms with E-state index in [1.165, 1.54) is 10.8 Å². The van der Waals surface area contributed by atoms with Crippen molar-refractivity contribution in [3.05, 3.63) is 0 Å². The number of carbonyl (C=O) groups excluding carboxylic acids is 1. The quantitative estimate of drug-likeness (QED) is 0.457. The molecule has 0 spiro atoms. The standard InChI is InChI=1S/C9H17NO2S2/c1-3-12-9(11)8-4-5-10(6-8)7(2)14-13/h7-8,13H,3-6H2,1-2H3/t7?,8-/m0/s1. The van der Waals surface area contributed by atoms with Gasteiger partial charge in [0.15, 0.2) is 0 Å². The van der Waals surface area contributed by atoms with Crippen LogP contribution in [0.1, 0.15) is 20.3 Å². The van der Waals surface area contributed by atoms with Crippen molar-refractivity contribution in [1.82, 2.24) is 4.90 Å². The van der Waals surface area contributed by atoms with Gasteiger partial charge >= 0.3 is 5.97 Å². The summed E-state index contributed by atoms with van der Waals surface area (Å²) in [4.78, 5) is 13.7. The van der Waals surface area contributed by atoms with E-state index in [-0.39, 0.29) is 11.9 Å². The normalized spacial score (nSPS) is 24.9. The lowest BCUT2D eigenvalue weighted by atomic mass is 10.1. The van der Waals surface area contributed by atoms with Crippen molar-refractivity contribution in [2.24, 2.45) is 5.92 Å². The summed E-state index contributed by atoms with van der Waals surface area (Å²) in [5.41, 5.74) is 0. The van der Waals surface area contributed by atoms with Gasteiger partial charge in [0, 0.05) is 13.1 Å². The predicted octanol–water partition coefficient (Wildman–Crippen LogP) is 1.80.